The van der Waals surface area contributed by atoms with Crippen LogP contribution in [0.1, 0.15) is 72.4 Å². The number of carbonyl (C=O) groups is 3. The van der Waals surface area contributed by atoms with Crippen molar-refractivity contribution in [2.24, 2.45) is 5.92 Å². The lowest BCUT2D eigenvalue weighted by atomic mass is 9.97. The summed E-state index contributed by atoms with van der Waals surface area (Å²) in [4.78, 5) is 42.1. The highest BCUT2D eigenvalue weighted by Crippen LogP contribution is 2.21. The van der Waals surface area contributed by atoms with Gasteiger partial charge in [-0.3, -0.25) is 14.4 Å². The minimum Gasteiger partial charge on any atom is -0.389 e. The number of hydrogen-bond acceptors (Lipinski definition) is 6. The van der Waals surface area contributed by atoms with Gasteiger partial charge in [-0.25, -0.2) is 0 Å². The smallest absolute Gasteiger partial charge is 0.253 e. The second kappa shape index (κ2) is 18.6. The van der Waals surface area contributed by atoms with Crippen LogP contribution in [-0.2, 0) is 16.0 Å². The molecule has 0 aromatic heterocycles. The lowest BCUT2D eigenvalue weighted by Gasteiger charge is -2.30. The third kappa shape index (κ3) is 11.4. The Balaban J connectivity index is 2.39. The maximum Gasteiger partial charge on any atom is 0.253 e. The van der Waals surface area contributed by atoms with Crippen molar-refractivity contribution in [1.29, 1.82) is 0 Å². The zero-order valence-corrected chi connectivity index (χ0v) is 26.8. The number of methoxy groups -OCH3 is 1. The number of nitrogens with one attached hydrogen (secondary N) is 2. The van der Waals surface area contributed by atoms with Crippen LogP contribution < -0.4 is 10.6 Å². The van der Waals surface area contributed by atoms with E-state index in [0.29, 0.717) is 49.5 Å². The van der Waals surface area contributed by atoms with Crippen LogP contribution in [0.3, 0.4) is 0 Å². The van der Waals surface area contributed by atoms with Crippen molar-refractivity contribution in [3.8, 4) is 0 Å². The Hall–Kier alpha value is -2.88. The molecule has 3 atom stereocenters. The standard InChI is InChI=1S/C33H49N3O5S/c1-7-14-36(15-8-2)33(40)27-19-24(5)18-26(21-27)31(38)35-28(20-25-12-10-9-11-13-25)29(37)30(42-17-16-41-6)32(39)34-22-23(3)4/h9-13,18-19,21,23,28-30,37H,7-8,14-17,20,22H2,1-6H3,(H,34,39)(H,35,38). The third-order valence-corrected chi connectivity index (χ3v) is 7.98. The van der Waals surface area contributed by atoms with E-state index in [9.17, 15) is 19.5 Å². The van der Waals surface area contributed by atoms with Crippen molar-refractivity contribution in [1.82, 2.24) is 15.5 Å². The summed E-state index contributed by atoms with van der Waals surface area (Å²) in [6, 6.07) is 14.0. The van der Waals surface area contributed by atoms with E-state index >= 15 is 0 Å². The van der Waals surface area contributed by atoms with Crippen LogP contribution in [-0.4, -0.2) is 84.2 Å². The molecule has 0 spiro atoms. The van der Waals surface area contributed by atoms with Gasteiger partial charge in [-0.2, -0.15) is 0 Å². The van der Waals surface area contributed by atoms with E-state index in [1.807, 2.05) is 69.9 Å². The largest absolute Gasteiger partial charge is 0.389 e. The molecule has 0 aliphatic carbocycles. The molecule has 2 aromatic carbocycles. The fourth-order valence-corrected chi connectivity index (χ4v) is 5.79. The molecular weight excluding hydrogens is 550 g/mol. The number of carbonyl (C=O) groups excluding carboxylic acids is 3. The number of thioether (sulfide) groups is 1. The molecule has 0 bridgehead atoms. The number of hydrogen-bond donors (Lipinski definition) is 3. The average Bonchev–Trinajstić information content (AvgIpc) is 2.97. The Morgan fingerprint density at radius 3 is 2.24 bits per heavy atom. The molecule has 0 fully saturated rings. The SMILES string of the molecule is CCCN(CCC)C(=O)c1cc(C)cc(C(=O)NC(Cc2ccccc2)C(O)C(SCCOC)C(=O)NCC(C)C)c1. The number of nitrogens with zero attached hydrogens (tertiary/aromatic N) is 1. The van der Waals surface area contributed by atoms with Crippen molar-refractivity contribution < 1.29 is 24.2 Å². The van der Waals surface area contributed by atoms with Gasteiger partial charge >= 0.3 is 0 Å². The molecule has 0 aliphatic heterocycles. The summed E-state index contributed by atoms with van der Waals surface area (Å²) >= 11 is 1.31. The van der Waals surface area contributed by atoms with Gasteiger partial charge in [0.2, 0.25) is 5.91 Å². The van der Waals surface area contributed by atoms with E-state index in [0.717, 1.165) is 24.0 Å². The molecule has 2 rings (SSSR count). The molecule has 0 aliphatic rings. The Morgan fingerprint density at radius 2 is 1.64 bits per heavy atom. The number of ether oxygens (including phenoxy) is 1. The average molecular weight is 600 g/mol. The number of rotatable bonds is 18. The van der Waals surface area contributed by atoms with Gasteiger partial charge in [0.25, 0.3) is 11.8 Å². The predicted octanol–water partition coefficient (Wildman–Crippen LogP) is 4.48. The summed E-state index contributed by atoms with van der Waals surface area (Å²) in [6.07, 6.45) is 0.834. The lowest BCUT2D eigenvalue weighted by Crippen LogP contribution is -2.53. The van der Waals surface area contributed by atoms with Crippen LogP contribution in [0.15, 0.2) is 48.5 Å². The van der Waals surface area contributed by atoms with E-state index in [2.05, 4.69) is 10.6 Å². The summed E-state index contributed by atoms with van der Waals surface area (Å²) < 4.78 is 5.18. The molecule has 42 heavy (non-hydrogen) atoms. The maximum atomic E-state index is 13.7. The van der Waals surface area contributed by atoms with Crippen molar-refractivity contribution >= 4 is 29.5 Å². The van der Waals surface area contributed by atoms with Crippen molar-refractivity contribution in [3.63, 3.8) is 0 Å². The first kappa shape index (κ1) is 35.3. The normalized spacial score (nSPS) is 13.3. The molecule has 3 unspecified atom stereocenters. The number of benzene rings is 2. The molecule has 0 heterocycles. The summed E-state index contributed by atoms with van der Waals surface area (Å²) in [6.45, 7) is 12.1. The van der Waals surface area contributed by atoms with E-state index in [-0.39, 0.29) is 17.7 Å². The Kier molecular flexibility index (Phi) is 15.7. The quantitative estimate of drug-likeness (QED) is 0.218. The monoisotopic (exact) mass is 599 g/mol. The zero-order chi connectivity index (χ0) is 31.1. The molecular formula is C33H49N3O5S. The summed E-state index contributed by atoms with van der Waals surface area (Å²) in [7, 11) is 1.59. The van der Waals surface area contributed by atoms with Gasteiger partial charge in [0, 0.05) is 43.6 Å². The number of aliphatic hydroxyl groups excluding tert-OH is 1. The first-order valence-corrected chi connectivity index (χ1v) is 16.0. The molecule has 0 saturated heterocycles. The Morgan fingerprint density at radius 1 is 1.00 bits per heavy atom. The fourth-order valence-electron chi connectivity index (χ4n) is 4.66. The van der Waals surface area contributed by atoms with Crippen molar-refractivity contribution in [2.75, 3.05) is 39.1 Å². The van der Waals surface area contributed by atoms with E-state index in [4.69, 9.17) is 4.74 Å². The number of aryl methyl sites for hydroxylation is 1. The first-order chi connectivity index (χ1) is 20.1. The molecule has 232 valence electrons. The fraction of sp³-hybridized carbons (Fsp3) is 0.545. The molecule has 8 nitrogen and oxygen atoms in total. The molecule has 3 amide bonds. The van der Waals surface area contributed by atoms with Crippen LogP contribution in [0.25, 0.3) is 0 Å². The summed E-state index contributed by atoms with van der Waals surface area (Å²) in [5.41, 5.74) is 2.51. The van der Waals surface area contributed by atoms with Crippen molar-refractivity contribution in [2.45, 2.75) is 71.3 Å². The van der Waals surface area contributed by atoms with Gasteiger partial charge in [0.1, 0.15) is 5.25 Å². The topological polar surface area (TPSA) is 108 Å². The summed E-state index contributed by atoms with van der Waals surface area (Å²) in [5.74, 6) is -0.0316. The van der Waals surface area contributed by atoms with E-state index in [1.54, 1.807) is 25.3 Å². The lowest BCUT2D eigenvalue weighted by molar-refractivity contribution is -0.122. The van der Waals surface area contributed by atoms with Crippen LogP contribution in [0, 0.1) is 12.8 Å². The van der Waals surface area contributed by atoms with Gasteiger partial charge in [-0.1, -0.05) is 58.0 Å². The van der Waals surface area contributed by atoms with Gasteiger partial charge in [0.05, 0.1) is 18.8 Å². The number of amides is 3. The minimum atomic E-state index is -1.18. The molecule has 2 aromatic rings. The van der Waals surface area contributed by atoms with Crippen LogP contribution in [0.2, 0.25) is 0 Å². The minimum absolute atomic E-state index is 0.103. The molecule has 0 radical (unpaired) electrons. The highest BCUT2D eigenvalue weighted by Gasteiger charge is 2.35. The van der Waals surface area contributed by atoms with E-state index in [1.165, 1.54) is 11.8 Å². The van der Waals surface area contributed by atoms with Crippen molar-refractivity contribution in [3.05, 3.63) is 70.8 Å². The van der Waals surface area contributed by atoms with Gasteiger partial charge in [-0.05, 0) is 61.4 Å². The first-order valence-electron chi connectivity index (χ1n) is 14.9. The second-order valence-electron chi connectivity index (χ2n) is 11.1. The van der Waals surface area contributed by atoms with Gasteiger partial charge in [0.15, 0.2) is 0 Å². The molecule has 9 heteroatoms. The summed E-state index contributed by atoms with van der Waals surface area (Å²) in [5, 5.41) is 16.8. The third-order valence-electron chi connectivity index (χ3n) is 6.73. The Labute approximate surface area is 256 Å². The predicted molar refractivity (Wildman–Crippen MR) is 171 cm³/mol. The van der Waals surface area contributed by atoms with Crippen LogP contribution in [0.4, 0.5) is 0 Å². The second-order valence-corrected chi connectivity index (χ2v) is 12.3. The van der Waals surface area contributed by atoms with Gasteiger partial charge < -0.3 is 25.4 Å². The molecule has 3 N–H and O–H groups in total. The number of aliphatic hydroxyl groups is 1. The van der Waals surface area contributed by atoms with E-state index < -0.39 is 23.3 Å². The van der Waals surface area contributed by atoms with Gasteiger partial charge in [-0.15, -0.1) is 11.8 Å². The van der Waals surface area contributed by atoms with Crippen LogP contribution >= 0.6 is 11.8 Å². The molecule has 0 saturated carbocycles. The Bertz CT molecular complexity index is 1120. The highest BCUT2D eigenvalue weighted by molar-refractivity contribution is 8.00. The maximum absolute atomic E-state index is 13.7. The van der Waals surface area contributed by atoms with Crippen LogP contribution in [0.5, 0.6) is 0 Å². The highest BCUT2D eigenvalue weighted by atomic mass is 32.2. The zero-order valence-electron chi connectivity index (χ0n) is 26.0.